The highest BCUT2D eigenvalue weighted by atomic mass is 32.1. The van der Waals surface area contributed by atoms with Crippen molar-refractivity contribution < 1.29 is 14.6 Å². The molecular weight excluding hydrogens is 276 g/mol. The van der Waals surface area contributed by atoms with Gasteiger partial charge in [-0.05, 0) is 24.5 Å². The van der Waals surface area contributed by atoms with Crippen molar-refractivity contribution in [3.63, 3.8) is 0 Å². The van der Waals surface area contributed by atoms with Crippen molar-refractivity contribution in [2.45, 2.75) is 32.1 Å². The molecule has 3 unspecified atom stereocenters. The Hall–Kier alpha value is -0.950. The van der Waals surface area contributed by atoms with Gasteiger partial charge in [0.15, 0.2) is 0 Å². The number of rotatable bonds is 6. The minimum Gasteiger partial charge on any atom is -0.388 e. The average Bonchev–Trinajstić information content (AvgIpc) is 3.09. The second kappa shape index (κ2) is 7.17. The number of likely N-dealkylation sites (N-methyl/N-ethyl adjacent to an activating group) is 1. The summed E-state index contributed by atoms with van der Waals surface area (Å²) in [4.78, 5) is 14.8. The third-order valence-corrected chi connectivity index (χ3v) is 4.55. The molecule has 0 aliphatic carbocycles. The molecule has 0 spiro atoms. The lowest BCUT2D eigenvalue weighted by Crippen LogP contribution is -2.46. The summed E-state index contributed by atoms with van der Waals surface area (Å²) in [6, 6.07) is 3.28. The quantitative estimate of drug-likeness (QED) is 0.821. The Bertz CT molecular complexity index is 420. The number of hydrogen-bond acceptors (Lipinski definition) is 5. The molecule has 2 N–H and O–H groups in total. The van der Waals surface area contributed by atoms with E-state index in [1.807, 2.05) is 11.4 Å². The van der Waals surface area contributed by atoms with Gasteiger partial charge >= 0.3 is 0 Å². The van der Waals surface area contributed by atoms with Crippen LogP contribution in [0, 0.1) is 0 Å². The van der Waals surface area contributed by atoms with Crippen LogP contribution in [0.3, 0.4) is 0 Å². The summed E-state index contributed by atoms with van der Waals surface area (Å²) in [6.07, 6.45) is -0.886. The number of aliphatic hydroxyl groups excluding tert-OH is 1. The normalized spacial score (nSPS) is 26.1. The minimum absolute atomic E-state index is 0.142. The summed E-state index contributed by atoms with van der Waals surface area (Å²) in [5, 5.41) is 15.0. The Morgan fingerprint density at radius 3 is 2.90 bits per heavy atom. The van der Waals surface area contributed by atoms with Gasteiger partial charge in [-0.15, -0.1) is 11.3 Å². The molecule has 0 saturated carbocycles. The van der Waals surface area contributed by atoms with Crippen molar-refractivity contribution in [1.29, 1.82) is 0 Å². The van der Waals surface area contributed by atoms with E-state index < -0.39 is 6.10 Å². The highest BCUT2D eigenvalue weighted by Gasteiger charge is 2.37. The third kappa shape index (κ3) is 3.58. The zero-order valence-electron chi connectivity index (χ0n) is 11.9. The van der Waals surface area contributed by atoms with Crippen molar-refractivity contribution in [2.24, 2.45) is 0 Å². The minimum atomic E-state index is -0.653. The Balaban J connectivity index is 1.87. The predicted octanol–water partition coefficient (Wildman–Crippen LogP) is 0.948. The molecule has 1 aliphatic heterocycles. The lowest BCUT2D eigenvalue weighted by Gasteiger charge is -2.24. The zero-order chi connectivity index (χ0) is 14.5. The third-order valence-electron chi connectivity index (χ3n) is 3.68. The standard InChI is InChI=1S/C14H22N2O3S/c1-3-16(4-2)8-11-13(17)10(9-19-11)15-14(18)12-6-5-7-20-12/h5-7,10-11,13,17H,3-4,8-9H2,1-2H3,(H,15,18). The fourth-order valence-electron chi connectivity index (χ4n) is 2.35. The number of ether oxygens (including phenoxy) is 1. The summed E-state index contributed by atoms with van der Waals surface area (Å²) in [7, 11) is 0. The lowest BCUT2D eigenvalue weighted by atomic mass is 10.1. The van der Waals surface area contributed by atoms with Gasteiger partial charge in [0.2, 0.25) is 0 Å². The van der Waals surface area contributed by atoms with Crippen LogP contribution >= 0.6 is 11.3 Å². The number of carbonyl (C=O) groups excluding carboxylic acids is 1. The van der Waals surface area contributed by atoms with Crippen molar-refractivity contribution in [3.8, 4) is 0 Å². The monoisotopic (exact) mass is 298 g/mol. The first-order valence-electron chi connectivity index (χ1n) is 7.02. The fourth-order valence-corrected chi connectivity index (χ4v) is 2.98. The van der Waals surface area contributed by atoms with Crippen molar-refractivity contribution in [3.05, 3.63) is 22.4 Å². The van der Waals surface area contributed by atoms with E-state index in [4.69, 9.17) is 4.74 Å². The first-order chi connectivity index (χ1) is 9.65. The summed E-state index contributed by atoms with van der Waals surface area (Å²) >= 11 is 1.39. The summed E-state index contributed by atoms with van der Waals surface area (Å²) in [5.74, 6) is -0.142. The van der Waals surface area contributed by atoms with E-state index in [0.29, 0.717) is 18.0 Å². The molecule has 1 aliphatic rings. The molecule has 3 atom stereocenters. The van der Waals surface area contributed by atoms with Crippen LogP contribution in [-0.4, -0.2) is 60.4 Å². The molecule has 1 amide bonds. The van der Waals surface area contributed by atoms with Crippen LogP contribution in [0.4, 0.5) is 0 Å². The fraction of sp³-hybridized carbons (Fsp3) is 0.643. The molecule has 112 valence electrons. The van der Waals surface area contributed by atoms with E-state index in [9.17, 15) is 9.90 Å². The van der Waals surface area contributed by atoms with Gasteiger partial charge in [-0.3, -0.25) is 4.79 Å². The van der Waals surface area contributed by atoms with Crippen molar-refractivity contribution >= 4 is 17.2 Å². The van der Waals surface area contributed by atoms with Gasteiger partial charge in [0.1, 0.15) is 6.10 Å². The van der Waals surface area contributed by atoms with Gasteiger partial charge in [0, 0.05) is 6.54 Å². The number of thiophene rings is 1. The lowest BCUT2D eigenvalue weighted by molar-refractivity contribution is 0.0171. The summed E-state index contributed by atoms with van der Waals surface area (Å²) in [5.41, 5.74) is 0. The van der Waals surface area contributed by atoms with E-state index >= 15 is 0 Å². The van der Waals surface area contributed by atoms with E-state index in [1.165, 1.54) is 11.3 Å². The van der Waals surface area contributed by atoms with Crippen LogP contribution in [0.5, 0.6) is 0 Å². The number of nitrogens with one attached hydrogen (secondary N) is 1. The van der Waals surface area contributed by atoms with Crippen molar-refractivity contribution in [1.82, 2.24) is 10.2 Å². The highest BCUT2D eigenvalue weighted by molar-refractivity contribution is 7.12. The van der Waals surface area contributed by atoms with E-state index in [0.717, 1.165) is 13.1 Å². The van der Waals surface area contributed by atoms with Crippen LogP contribution in [0.1, 0.15) is 23.5 Å². The van der Waals surface area contributed by atoms with Gasteiger partial charge in [0.25, 0.3) is 5.91 Å². The number of carbonyl (C=O) groups is 1. The van der Waals surface area contributed by atoms with E-state index in [2.05, 4.69) is 24.1 Å². The molecule has 2 heterocycles. The highest BCUT2D eigenvalue weighted by Crippen LogP contribution is 2.17. The molecule has 1 aromatic heterocycles. The molecule has 2 rings (SSSR count). The van der Waals surface area contributed by atoms with Crippen molar-refractivity contribution in [2.75, 3.05) is 26.2 Å². The Morgan fingerprint density at radius 1 is 1.55 bits per heavy atom. The Labute approximate surface area is 123 Å². The molecule has 6 heteroatoms. The van der Waals surface area contributed by atoms with Crippen LogP contribution in [0.2, 0.25) is 0 Å². The molecule has 0 bridgehead atoms. The first-order valence-corrected chi connectivity index (χ1v) is 7.90. The second-order valence-electron chi connectivity index (χ2n) is 4.91. The summed E-state index contributed by atoms with van der Waals surface area (Å²) in [6.45, 7) is 7.08. The van der Waals surface area contributed by atoms with Gasteiger partial charge in [0.05, 0.1) is 23.6 Å². The number of nitrogens with zero attached hydrogens (tertiary/aromatic N) is 1. The van der Waals surface area contributed by atoms with Crippen LogP contribution in [0.25, 0.3) is 0 Å². The Kier molecular flexibility index (Phi) is 5.54. The van der Waals surface area contributed by atoms with Gasteiger partial charge < -0.3 is 20.1 Å². The topological polar surface area (TPSA) is 61.8 Å². The number of aliphatic hydroxyl groups is 1. The average molecular weight is 298 g/mol. The van der Waals surface area contributed by atoms with Gasteiger partial charge in [-0.25, -0.2) is 0 Å². The first kappa shape index (κ1) is 15.4. The predicted molar refractivity (Wildman–Crippen MR) is 79.1 cm³/mol. The molecule has 0 radical (unpaired) electrons. The van der Waals surface area contributed by atoms with Crippen LogP contribution in [0.15, 0.2) is 17.5 Å². The van der Waals surface area contributed by atoms with Crippen LogP contribution in [-0.2, 0) is 4.74 Å². The maximum absolute atomic E-state index is 12.0. The SMILES string of the molecule is CCN(CC)CC1OCC(NC(=O)c2cccs2)C1O. The maximum atomic E-state index is 12.0. The Morgan fingerprint density at radius 2 is 2.30 bits per heavy atom. The smallest absolute Gasteiger partial charge is 0.261 e. The molecular formula is C14H22N2O3S. The second-order valence-corrected chi connectivity index (χ2v) is 5.85. The number of hydrogen-bond donors (Lipinski definition) is 2. The van der Waals surface area contributed by atoms with Gasteiger partial charge in [-0.1, -0.05) is 19.9 Å². The van der Waals surface area contributed by atoms with Crippen LogP contribution < -0.4 is 5.32 Å². The van der Waals surface area contributed by atoms with E-state index in [1.54, 1.807) is 6.07 Å². The molecule has 1 fully saturated rings. The zero-order valence-corrected chi connectivity index (χ0v) is 12.7. The largest absolute Gasteiger partial charge is 0.388 e. The van der Waals surface area contributed by atoms with Gasteiger partial charge in [-0.2, -0.15) is 0 Å². The molecule has 5 nitrogen and oxygen atoms in total. The summed E-state index contributed by atoms with van der Waals surface area (Å²) < 4.78 is 5.63. The molecule has 0 aromatic carbocycles. The van der Waals surface area contributed by atoms with E-state index in [-0.39, 0.29) is 18.1 Å². The molecule has 20 heavy (non-hydrogen) atoms. The maximum Gasteiger partial charge on any atom is 0.261 e. The number of amides is 1. The molecule has 1 aromatic rings. The molecule has 1 saturated heterocycles.